The number of rotatable bonds is 6. The van der Waals surface area contributed by atoms with Gasteiger partial charge in [0, 0.05) is 30.4 Å². The van der Waals surface area contributed by atoms with Gasteiger partial charge < -0.3 is 20.3 Å². The molecule has 178 valence electrons. The number of carbonyl (C=O) groups is 2. The highest BCUT2D eigenvalue weighted by Gasteiger charge is 2.68. The maximum absolute atomic E-state index is 13.0. The maximum Gasteiger partial charge on any atom is 0.255 e. The van der Waals surface area contributed by atoms with Crippen LogP contribution in [0.5, 0.6) is 5.75 Å². The van der Waals surface area contributed by atoms with E-state index in [-0.39, 0.29) is 23.3 Å². The summed E-state index contributed by atoms with van der Waals surface area (Å²) in [5.74, 6) is 0.567. The van der Waals surface area contributed by atoms with Gasteiger partial charge in [0.15, 0.2) is 0 Å². The topological polar surface area (TPSA) is 94.5 Å². The van der Waals surface area contributed by atoms with Gasteiger partial charge in [-0.3, -0.25) is 9.59 Å². The summed E-state index contributed by atoms with van der Waals surface area (Å²) in [6.45, 7) is 5.24. The summed E-state index contributed by atoms with van der Waals surface area (Å²) in [7, 11) is 0. The molecule has 6 aliphatic rings. The molecule has 2 amide bonds. The van der Waals surface area contributed by atoms with Crippen molar-refractivity contribution in [1.29, 1.82) is 5.26 Å². The molecule has 1 unspecified atom stereocenters. The Labute approximate surface area is 200 Å². The average Bonchev–Trinajstić information content (AvgIpc) is 3.09. The van der Waals surface area contributed by atoms with E-state index in [9.17, 15) is 14.9 Å². The van der Waals surface area contributed by atoms with Crippen LogP contribution in [0.3, 0.4) is 0 Å². The first kappa shape index (κ1) is 21.7. The highest BCUT2D eigenvalue weighted by atomic mass is 16.5. The number of hydrogen-bond donors (Lipinski definition) is 2. The molecule has 2 bridgehead atoms. The summed E-state index contributed by atoms with van der Waals surface area (Å²) in [6.07, 6.45) is 9.02. The monoisotopic (exact) mass is 460 g/mol. The van der Waals surface area contributed by atoms with Crippen molar-refractivity contribution in [3.63, 3.8) is 0 Å². The van der Waals surface area contributed by atoms with Crippen molar-refractivity contribution in [3.05, 3.63) is 41.6 Å². The lowest BCUT2D eigenvalue weighted by atomic mass is 9.35. The number of fused-ring (bicyclic) bond motifs is 1. The van der Waals surface area contributed by atoms with Crippen molar-refractivity contribution in [3.8, 4) is 11.8 Å². The third-order valence-corrected chi connectivity index (χ3v) is 8.71. The molecule has 0 spiro atoms. The molecule has 7 nitrogen and oxygen atoms in total. The zero-order valence-corrected chi connectivity index (χ0v) is 19.6. The normalized spacial score (nSPS) is 36.1. The zero-order valence-electron chi connectivity index (χ0n) is 19.6. The van der Waals surface area contributed by atoms with Gasteiger partial charge >= 0.3 is 0 Å². The van der Waals surface area contributed by atoms with Crippen molar-refractivity contribution in [2.45, 2.75) is 82.5 Å². The number of piperidine rings is 1. The second-order valence-corrected chi connectivity index (χ2v) is 11.2. The van der Waals surface area contributed by atoms with Crippen LogP contribution in [0.2, 0.25) is 0 Å². The molecule has 1 saturated heterocycles. The minimum atomic E-state index is -0.446. The molecule has 2 N–H and O–H groups in total. The minimum Gasteiger partial charge on any atom is -0.489 e. The Bertz CT molecular complexity index is 1090. The predicted molar refractivity (Wildman–Crippen MR) is 126 cm³/mol. The Hall–Kier alpha value is -2.85. The van der Waals surface area contributed by atoms with E-state index in [0.717, 1.165) is 62.1 Å². The molecule has 4 aliphatic carbocycles. The average molecular weight is 461 g/mol. The Balaban J connectivity index is 1.10. The lowest BCUT2D eigenvalue weighted by Gasteiger charge is -2.67. The predicted octanol–water partition coefficient (Wildman–Crippen LogP) is 3.41. The van der Waals surface area contributed by atoms with Crippen LogP contribution in [0.25, 0.3) is 0 Å². The van der Waals surface area contributed by atoms with Gasteiger partial charge in [0.25, 0.3) is 5.91 Å². The number of benzene rings is 1. The van der Waals surface area contributed by atoms with Crippen LogP contribution in [-0.4, -0.2) is 41.4 Å². The fourth-order valence-electron chi connectivity index (χ4n) is 7.00. The van der Waals surface area contributed by atoms with Crippen molar-refractivity contribution in [2.75, 3.05) is 6.54 Å². The third kappa shape index (κ3) is 3.51. The smallest absolute Gasteiger partial charge is 0.255 e. The molecule has 34 heavy (non-hydrogen) atoms. The fourth-order valence-corrected chi connectivity index (χ4v) is 7.00. The molecule has 5 fully saturated rings. The Morgan fingerprint density at radius 3 is 2.76 bits per heavy atom. The van der Waals surface area contributed by atoms with E-state index in [1.54, 1.807) is 4.90 Å². The van der Waals surface area contributed by atoms with Gasteiger partial charge in [-0.05, 0) is 80.5 Å². The lowest BCUT2D eigenvalue weighted by Crippen LogP contribution is -2.65. The van der Waals surface area contributed by atoms with E-state index in [2.05, 4.69) is 23.3 Å². The highest BCUT2D eigenvalue weighted by Crippen LogP contribution is 2.72. The van der Waals surface area contributed by atoms with Gasteiger partial charge in [-0.2, -0.15) is 5.26 Å². The van der Waals surface area contributed by atoms with Crippen LogP contribution < -0.4 is 15.4 Å². The SMILES string of the molecule is C=C1CCC(N2Cc3cc(O[C@@H]4CCCC[C@H]4NCC45CC(C#N)(C4)C5)ccc3C2=O)C(=O)N1. The first-order valence-corrected chi connectivity index (χ1v) is 12.6. The zero-order chi connectivity index (χ0) is 23.5. The number of amides is 2. The Morgan fingerprint density at radius 2 is 2.00 bits per heavy atom. The van der Waals surface area contributed by atoms with E-state index >= 15 is 0 Å². The van der Waals surface area contributed by atoms with Crippen molar-refractivity contribution < 1.29 is 14.3 Å². The summed E-state index contributed by atoms with van der Waals surface area (Å²) in [5.41, 5.74) is 2.64. The van der Waals surface area contributed by atoms with Crippen molar-refractivity contribution >= 4 is 11.8 Å². The number of ether oxygens (including phenoxy) is 1. The summed E-state index contributed by atoms with van der Waals surface area (Å²) in [6, 6.07) is 8.09. The molecular formula is C27H32N4O3. The molecule has 4 saturated carbocycles. The number of nitriles is 1. The fraction of sp³-hybridized carbons (Fsp3) is 0.593. The molecule has 7 heteroatoms. The number of nitrogens with zero attached hydrogens (tertiary/aromatic N) is 2. The van der Waals surface area contributed by atoms with E-state index in [4.69, 9.17) is 4.74 Å². The number of nitrogens with one attached hydrogen (secondary N) is 2. The van der Waals surface area contributed by atoms with E-state index < -0.39 is 6.04 Å². The van der Waals surface area contributed by atoms with Gasteiger partial charge in [0.2, 0.25) is 5.91 Å². The Morgan fingerprint density at radius 1 is 1.21 bits per heavy atom. The molecule has 3 atom stereocenters. The van der Waals surface area contributed by atoms with Crippen molar-refractivity contribution in [1.82, 2.24) is 15.5 Å². The largest absolute Gasteiger partial charge is 0.489 e. The molecule has 2 heterocycles. The van der Waals surface area contributed by atoms with Gasteiger partial charge in [0.1, 0.15) is 17.9 Å². The summed E-state index contributed by atoms with van der Waals surface area (Å²) in [4.78, 5) is 27.1. The number of hydrogen-bond acceptors (Lipinski definition) is 5. The molecule has 1 aromatic carbocycles. The molecule has 7 rings (SSSR count). The van der Waals surface area contributed by atoms with Crippen LogP contribution in [0, 0.1) is 22.2 Å². The molecular weight excluding hydrogens is 428 g/mol. The number of carbonyl (C=O) groups excluding carboxylic acids is 2. The minimum absolute atomic E-state index is 0.00778. The standard InChI is InChI=1S/C27H32N4O3/c1-17-6-9-22(24(32)30-17)31-11-18-10-19(7-8-20(18)25(31)33)34-23-5-3-2-4-21(23)29-16-27-12-26(13-27,14-27)15-28/h7-8,10,21-23,29H,1-6,9,11-14,16H2,(H,30,32)/t21-,22?,23-,26?,27?/m1/s1. The Kier molecular flexibility index (Phi) is 5.00. The number of allylic oxidation sites excluding steroid dienone is 1. The second kappa shape index (κ2) is 7.84. The second-order valence-electron chi connectivity index (χ2n) is 11.2. The summed E-state index contributed by atoms with van der Waals surface area (Å²) >= 11 is 0. The maximum atomic E-state index is 13.0. The molecule has 2 aliphatic heterocycles. The molecule has 0 radical (unpaired) electrons. The highest BCUT2D eigenvalue weighted by molar-refractivity contribution is 6.01. The molecule has 0 aromatic heterocycles. The van der Waals surface area contributed by atoms with E-state index in [0.29, 0.717) is 36.4 Å². The van der Waals surface area contributed by atoms with Gasteiger partial charge in [-0.1, -0.05) is 13.0 Å². The van der Waals surface area contributed by atoms with E-state index in [1.165, 1.54) is 6.42 Å². The summed E-state index contributed by atoms with van der Waals surface area (Å²) < 4.78 is 6.48. The quantitative estimate of drug-likeness (QED) is 0.679. The van der Waals surface area contributed by atoms with Crippen LogP contribution in [0.4, 0.5) is 0 Å². The van der Waals surface area contributed by atoms with Gasteiger partial charge in [0.05, 0.1) is 11.5 Å². The van der Waals surface area contributed by atoms with Crippen LogP contribution in [0.1, 0.15) is 73.7 Å². The van der Waals surface area contributed by atoms with Crippen LogP contribution >= 0.6 is 0 Å². The van der Waals surface area contributed by atoms with Crippen molar-refractivity contribution in [2.24, 2.45) is 10.8 Å². The first-order valence-electron chi connectivity index (χ1n) is 12.6. The first-order chi connectivity index (χ1) is 16.4. The lowest BCUT2D eigenvalue weighted by molar-refractivity contribution is -0.161. The van der Waals surface area contributed by atoms with Gasteiger partial charge in [-0.15, -0.1) is 0 Å². The molecule has 1 aromatic rings. The van der Waals surface area contributed by atoms with Crippen LogP contribution in [-0.2, 0) is 11.3 Å². The van der Waals surface area contributed by atoms with Gasteiger partial charge in [-0.25, -0.2) is 0 Å². The van der Waals surface area contributed by atoms with Crippen LogP contribution in [0.15, 0.2) is 30.5 Å². The van der Waals surface area contributed by atoms with E-state index in [1.807, 2.05) is 18.2 Å². The summed E-state index contributed by atoms with van der Waals surface area (Å²) in [5, 5.41) is 15.9. The third-order valence-electron chi connectivity index (χ3n) is 8.71.